The third kappa shape index (κ3) is 4.03. The Kier molecular flexibility index (Phi) is 5.75. The summed E-state index contributed by atoms with van der Waals surface area (Å²) in [5, 5.41) is 9.04. The Balaban J connectivity index is 2.07. The van der Waals surface area contributed by atoms with Crippen molar-refractivity contribution in [1.82, 2.24) is 4.90 Å². The van der Waals surface area contributed by atoms with Crippen molar-refractivity contribution in [3.05, 3.63) is 28.8 Å². The van der Waals surface area contributed by atoms with Crippen LogP contribution in [-0.2, 0) is 11.1 Å². The first-order valence-corrected chi connectivity index (χ1v) is 8.27. The normalized spacial score (nSPS) is 17.8. The third-order valence-electron chi connectivity index (χ3n) is 3.80. The number of benzene rings is 1. The first-order valence-electron chi connectivity index (χ1n) is 6.82. The van der Waals surface area contributed by atoms with Gasteiger partial charge in [-0.2, -0.15) is 0 Å². The van der Waals surface area contributed by atoms with Crippen LogP contribution in [-0.4, -0.2) is 44.4 Å². The molecule has 0 aliphatic carbocycles. The van der Waals surface area contributed by atoms with Crippen molar-refractivity contribution < 1.29 is 18.7 Å². The molecule has 1 N–H and O–H groups in total. The van der Waals surface area contributed by atoms with Gasteiger partial charge in [0, 0.05) is 30.2 Å². The van der Waals surface area contributed by atoms with Gasteiger partial charge in [0.15, 0.2) is 0 Å². The van der Waals surface area contributed by atoms with Crippen molar-refractivity contribution in [2.24, 2.45) is 5.92 Å². The highest BCUT2D eigenvalue weighted by molar-refractivity contribution is 7.79. The fourth-order valence-corrected chi connectivity index (χ4v) is 3.31. The van der Waals surface area contributed by atoms with E-state index in [1.165, 1.54) is 12.1 Å². The van der Waals surface area contributed by atoms with Crippen molar-refractivity contribution in [3.63, 3.8) is 0 Å². The molecule has 1 aromatic carbocycles. The molecule has 1 heterocycles. The number of rotatable bonds is 4. The van der Waals surface area contributed by atoms with E-state index in [0.717, 1.165) is 19.3 Å². The number of piperidine rings is 1. The van der Waals surface area contributed by atoms with Crippen LogP contribution in [0, 0.1) is 5.92 Å². The van der Waals surface area contributed by atoms with Crippen LogP contribution in [0.1, 0.15) is 29.6 Å². The number of aliphatic hydroxyl groups excluding tert-OH is 1. The smallest absolute Gasteiger partial charge is 0.253 e. The van der Waals surface area contributed by atoms with Crippen molar-refractivity contribution in [2.75, 3.05) is 19.7 Å². The van der Waals surface area contributed by atoms with E-state index in [1.807, 2.05) is 0 Å². The molecule has 7 heteroatoms. The van der Waals surface area contributed by atoms with Gasteiger partial charge in [0.25, 0.3) is 5.91 Å². The van der Waals surface area contributed by atoms with Crippen LogP contribution >= 0.6 is 11.6 Å². The molecule has 0 bridgehead atoms. The van der Waals surface area contributed by atoms with Gasteiger partial charge in [0.05, 0.1) is 5.02 Å². The molecule has 1 fully saturated rings. The zero-order valence-electron chi connectivity index (χ0n) is 11.5. The Morgan fingerprint density at radius 3 is 2.67 bits per heavy atom. The highest BCUT2D eigenvalue weighted by atomic mass is 35.5. The number of hydrogen-bond donors (Lipinski definition) is 1. The fraction of sp³-hybridized carbons (Fsp3) is 0.500. The molecular weight excluding hydrogens is 314 g/mol. The number of amides is 1. The van der Waals surface area contributed by atoms with Crippen LogP contribution in [0.15, 0.2) is 23.1 Å². The van der Waals surface area contributed by atoms with Gasteiger partial charge in [-0.25, -0.2) is 0 Å². The first kappa shape index (κ1) is 16.4. The molecule has 116 valence electrons. The number of nitrogens with zero attached hydrogens (tertiary/aromatic N) is 1. The molecule has 1 aliphatic rings. The minimum atomic E-state index is -2.46. The van der Waals surface area contributed by atoms with E-state index in [4.69, 9.17) is 16.7 Å². The minimum Gasteiger partial charge on any atom is -0.768 e. The molecule has 0 radical (unpaired) electrons. The average molecular weight is 331 g/mol. The second-order valence-corrected chi connectivity index (χ2v) is 6.44. The lowest BCUT2D eigenvalue weighted by Crippen LogP contribution is -2.38. The summed E-state index contributed by atoms with van der Waals surface area (Å²) in [4.78, 5) is 14.0. The number of halogens is 1. The van der Waals surface area contributed by atoms with Crippen LogP contribution in [0.3, 0.4) is 0 Å². The van der Waals surface area contributed by atoms with Crippen molar-refractivity contribution in [1.29, 1.82) is 0 Å². The molecule has 0 aromatic heterocycles. The Morgan fingerprint density at radius 1 is 1.43 bits per heavy atom. The van der Waals surface area contributed by atoms with E-state index in [2.05, 4.69) is 0 Å². The minimum absolute atomic E-state index is 0.0577. The Hall–Kier alpha value is -0.950. The molecule has 1 aromatic rings. The van der Waals surface area contributed by atoms with Crippen LogP contribution in [0.25, 0.3) is 0 Å². The van der Waals surface area contributed by atoms with Gasteiger partial charge < -0.3 is 14.6 Å². The molecule has 0 saturated carbocycles. The standard InChI is InChI=1S/C14H18ClNO4S/c15-12-2-1-11(9-13(12)21(19)20)14(18)16-6-3-10(4-7-16)5-8-17/h1-2,9-10,17H,3-8H2,(H,19,20)/p-1. The Bertz CT molecular complexity index is 544. The topological polar surface area (TPSA) is 80.7 Å². The predicted octanol–water partition coefficient (Wildman–Crippen LogP) is 1.81. The molecular formula is C14H17ClNO4S-. The number of carbonyl (C=O) groups is 1. The Labute approximate surface area is 131 Å². The van der Waals surface area contributed by atoms with Crippen molar-refractivity contribution >= 4 is 28.6 Å². The van der Waals surface area contributed by atoms with E-state index in [1.54, 1.807) is 11.0 Å². The number of likely N-dealkylation sites (tertiary alicyclic amines) is 1. The van der Waals surface area contributed by atoms with Crippen molar-refractivity contribution in [3.8, 4) is 0 Å². The van der Waals surface area contributed by atoms with E-state index in [0.29, 0.717) is 24.6 Å². The van der Waals surface area contributed by atoms with E-state index in [-0.39, 0.29) is 22.4 Å². The van der Waals surface area contributed by atoms with Crippen molar-refractivity contribution in [2.45, 2.75) is 24.2 Å². The molecule has 1 unspecified atom stereocenters. The lowest BCUT2D eigenvalue weighted by atomic mass is 9.93. The van der Waals surface area contributed by atoms with Gasteiger partial charge in [-0.15, -0.1) is 0 Å². The maximum Gasteiger partial charge on any atom is 0.253 e. The van der Waals surface area contributed by atoms with Crippen LogP contribution in [0.4, 0.5) is 0 Å². The SMILES string of the molecule is O=C(c1ccc(Cl)c(S(=O)[O-])c1)N1CCC(CCO)CC1. The summed E-state index contributed by atoms with van der Waals surface area (Å²) in [6.45, 7) is 1.43. The van der Waals surface area contributed by atoms with Crippen LogP contribution < -0.4 is 0 Å². The molecule has 1 atom stereocenters. The maximum absolute atomic E-state index is 12.4. The number of hydrogen-bond acceptors (Lipinski definition) is 4. The summed E-state index contributed by atoms with van der Waals surface area (Å²) in [6, 6.07) is 4.28. The highest BCUT2D eigenvalue weighted by Crippen LogP contribution is 2.24. The summed E-state index contributed by atoms with van der Waals surface area (Å²) < 4.78 is 22.1. The average Bonchev–Trinajstić information content (AvgIpc) is 2.48. The summed E-state index contributed by atoms with van der Waals surface area (Å²) in [5.74, 6) is 0.273. The molecule has 0 spiro atoms. The van der Waals surface area contributed by atoms with Gasteiger partial charge in [0.2, 0.25) is 0 Å². The molecule has 1 saturated heterocycles. The summed E-state index contributed by atoms with van der Waals surface area (Å²) >= 11 is 3.33. The van der Waals surface area contributed by atoms with Crippen LogP contribution in [0.2, 0.25) is 5.02 Å². The third-order valence-corrected chi connectivity index (χ3v) is 4.94. The van der Waals surface area contributed by atoms with Gasteiger partial charge in [-0.3, -0.25) is 9.00 Å². The maximum atomic E-state index is 12.4. The summed E-state index contributed by atoms with van der Waals surface area (Å²) in [6.07, 6.45) is 2.49. The van der Waals surface area contributed by atoms with Gasteiger partial charge in [-0.05, 0) is 54.5 Å². The monoisotopic (exact) mass is 330 g/mol. The largest absolute Gasteiger partial charge is 0.768 e. The van der Waals surface area contributed by atoms with Gasteiger partial charge in [-0.1, -0.05) is 11.6 Å². The predicted molar refractivity (Wildman–Crippen MR) is 79.0 cm³/mol. The highest BCUT2D eigenvalue weighted by Gasteiger charge is 2.23. The van der Waals surface area contributed by atoms with Crippen LogP contribution in [0.5, 0.6) is 0 Å². The molecule has 1 amide bonds. The number of carbonyl (C=O) groups excluding carboxylic acids is 1. The molecule has 21 heavy (non-hydrogen) atoms. The van der Waals surface area contributed by atoms with E-state index < -0.39 is 11.1 Å². The van der Waals surface area contributed by atoms with E-state index >= 15 is 0 Å². The first-order chi connectivity index (χ1) is 10.0. The zero-order chi connectivity index (χ0) is 15.4. The summed E-state index contributed by atoms with van der Waals surface area (Å²) in [7, 11) is 0. The lowest BCUT2D eigenvalue weighted by Gasteiger charge is -2.32. The Morgan fingerprint density at radius 2 is 2.10 bits per heavy atom. The fourth-order valence-electron chi connectivity index (χ4n) is 2.55. The second-order valence-electron chi connectivity index (χ2n) is 5.13. The number of aliphatic hydroxyl groups is 1. The lowest BCUT2D eigenvalue weighted by molar-refractivity contribution is 0.0678. The zero-order valence-corrected chi connectivity index (χ0v) is 13.0. The van der Waals surface area contributed by atoms with E-state index in [9.17, 15) is 13.6 Å². The molecule has 1 aliphatic heterocycles. The molecule has 5 nitrogen and oxygen atoms in total. The second kappa shape index (κ2) is 7.35. The van der Waals surface area contributed by atoms with Gasteiger partial charge >= 0.3 is 0 Å². The molecule has 2 rings (SSSR count). The summed E-state index contributed by atoms with van der Waals surface area (Å²) in [5.41, 5.74) is 0.333. The quantitative estimate of drug-likeness (QED) is 0.854. The van der Waals surface area contributed by atoms with Gasteiger partial charge in [0.1, 0.15) is 0 Å².